The maximum absolute atomic E-state index is 12.8. The van der Waals surface area contributed by atoms with Gasteiger partial charge in [-0.3, -0.25) is 24.2 Å². The second-order valence-corrected chi connectivity index (χ2v) is 8.53. The van der Waals surface area contributed by atoms with Crippen LogP contribution in [0.25, 0.3) is 0 Å². The number of hydrogen-bond donors (Lipinski definition) is 0. The fraction of sp³-hybridized carbons (Fsp3) is 0.762. The van der Waals surface area contributed by atoms with Crippen LogP contribution in [0, 0.1) is 17.8 Å². The lowest BCUT2D eigenvalue weighted by atomic mass is 9.85. The fourth-order valence-corrected chi connectivity index (χ4v) is 5.08. The first-order valence-electron chi connectivity index (χ1n) is 10.7. The molecular weight excluding hydrogens is 342 g/mol. The molecule has 6 nitrogen and oxygen atoms in total. The highest BCUT2D eigenvalue weighted by Crippen LogP contribution is 2.35. The third-order valence-corrected chi connectivity index (χ3v) is 6.79. The van der Waals surface area contributed by atoms with E-state index in [1.54, 1.807) is 0 Å². The van der Waals surface area contributed by atoms with Crippen molar-refractivity contribution >= 4 is 17.7 Å². The van der Waals surface area contributed by atoms with Gasteiger partial charge in [-0.05, 0) is 38.5 Å². The molecule has 0 unspecified atom stereocenters. The van der Waals surface area contributed by atoms with E-state index in [1.807, 2.05) is 12.2 Å². The third kappa shape index (κ3) is 3.82. The highest BCUT2D eigenvalue weighted by molar-refractivity contribution is 6.05. The van der Waals surface area contributed by atoms with E-state index >= 15 is 0 Å². The highest BCUT2D eigenvalue weighted by atomic mass is 16.2. The van der Waals surface area contributed by atoms with Crippen molar-refractivity contribution in [3.05, 3.63) is 12.2 Å². The average Bonchev–Trinajstić information content (AvgIpc) is 2.91. The lowest BCUT2D eigenvalue weighted by Crippen LogP contribution is -2.47. The van der Waals surface area contributed by atoms with Crippen LogP contribution in [0.2, 0.25) is 0 Å². The first-order chi connectivity index (χ1) is 13.1. The minimum Gasteiger partial charge on any atom is -0.342 e. The molecule has 3 aliphatic heterocycles. The predicted molar refractivity (Wildman–Crippen MR) is 101 cm³/mol. The van der Waals surface area contributed by atoms with E-state index in [2.05, 4.69) is 9.80 Å². The summed E-state index contributed by atoms with van der Waals surface area (Å²) in [5.74, 6) is 0.127. The normalized spacial score (nSPS) is 30.5. The minimum atomic E-state index is -0.148. The van der Waals surface area contributed by atoms with Gasteiger partial charge in [-0.25, -0.2) is 0 Å². The molecule has 0 aromatic rings. The van der Waals surface area contributed by atoms with Gasteiger partial charge in [0.1, 0.15) is 0 Å². The van der Waals surface area contributed by atoms with E-state index in [-0.39, 0.29) is 29.6 Å². The van der Waals surface area contributed by atoms with Crippen molar-refractivity contribution in [3.63, 3.8) is 0 Å². The van der Waals surface area contributed by atoms with Crippen LogP contribution in [-0.4, -0.2) is 65.3 Å². The van der Waals surface area contributed by atoms with Crippen molar-refractivity contribution in [3.8, 4) is 0 Å². The molecule has 0 N–H and O–H groups in total. The van der Waals surface area contributed by atoms with E-state index in [9.17, 15) is 14.4 Å². The molecule has 27 heavy (non-hydrogen) atoms. The zero-order chi connectivity index (χ0) is 18.8. The van der Waals surface area contributed by atoms with Gasteiger partial charge in [0.2, 0.25) is 17.7 Å². The largest absolute Gasteiger partial charge is 0.342 e. The molecule has 3 amide bonds. The summed E-state index contributed by atoms with van der Waals surface area (Å²) in [6, 6.07) is 0. The maximum atomic E-state index is 12.8. The molecule has 0 aromatic carbocycles. The topological polar surface area (TPSA) is 60.9 Å². The highest BCUT2D eigenvalue weighted by Gasteiger charge is 2.47. The molecule has 3 heterocycles. The molecule has 2 atom stereocenters. The first kappa shape index (κ1) is 18.7. The number of imide groups is 1. The Hall–Kier alpha value is -1.69. The van der Waals surface area contributed by atoms with Gasteiger partial charge in [-0.15, -0.1) is 0 Å². The van der Waals surface area contributed by atoms with Crippen LogP contribution < -0.4 is 0 Å². The number of fused-ring (bicyclic) bond motifs is 1. The van der Waals surface area contributed by atoms with Gasteiger partial charge in [0.05, 0.1) is 18.5 Å². The van der Waals surface area contributed by atoms with Gasteiger partial charge in [0, 0.05) is 32.1 Å². The molecule has 0 radical (unpaired) electrons. The van der Waals surface area contributed by atoms with Crippen LogP contribution in [-0.2, 0) is 14.4 Å². The van der Waals surface area contributed by atoms with Crippen LogP contribution in [0.3, 0.4) is 0 Å². The number of amides is 3. The summed E-state index contributed by atoms with van der Waals surface area (Å²) in [5, 5.41) is 0. The second kappa shape index (κ2) is 8.13. The number of piperidine rings is 1. The van der Waals surface area contributed by atoms with E-state index in [4.69, 9.17) is 0 Å². The number of likely N-dealkylation sites (tertiary alicyclic amines) is 3. The van der Waals surface area contributed by atoms with Crippen molar-refractivity contribution in [2.45, 2.75) is 51.4 Å². The van der Waals surface area contributed by atoms with Gasteiger partial charge in [-0.1, -0.05) is 25.0 Å². The Labute approximate surface area is 161 Å². The summed E-state index contributed by atoms with van der Waals surface area (Å²) in [7, 11) is 0. The Kier molecular flexibility index (Phi) is 5.62. The van der Waals surface area contributed by atoms with E-state index < -0.39 is 0 Å². The molecule has 6 heteroatoms. The molecule has 3 saturated heterocycles. The van der Waals surface area contributed by atoms with Gasteiger partial charge < -0.3 is 4.90 Å². The van der Waals surface area contributed by atoms with Crippen LogP contribution in [0.4, 0.5) is 0 Å². The Balaban J connectivity index is 1.29. The van der Waals surface area contributed by atoms with Gasteiger partial charge in [0.25, 0.3) is 0 Å². The van der Waals surface area contributed by atoms with Crippen LogP contribution in [0.15, 0.2) is 12.2 Å². The standard InChI is InChI=1S/C21H31N3O3/c25-19(23-11-5-1-2-6-12-23)16-9-13-22(14-10-16)15-24-20(26)17-7-3-4-8-18(17)21(24)27/h3-4,16-18H,1-2,5-15H2/t17-,18-/m0/s1. The Bertz CT molecular complexity index is 590. The number of allylic oxidation sites excluding steroid dienone is 2. The number of hydrogen-bond acceptors (Lipinski definition) is 4. The monoisotopic (exact) mass is 373 g/mol. The third-order valence-electron chi connectivity index (χ3n) is 6.79. The lowest BCUT2D eigenvalue weighted by Gasteiger charge is -2.35. The SMILES string of the molecule is O=C(C1CCN(CN2C(=O)[C@H]3CC=CC[C@@H]3C2=O)CC1)N1CCCCCC1. The van der Waals surface area contributed by atoms with E-state index in [0.717, 1.165) is 51.9 Å². The number of nitrogens with zero attached hydrogens (tertiary/aromatic N) is 3. The molecule has 1 aliphatic carbocycles. The molecule has 0 saturated carbocycles. The summed E-state index contributed by atoms with van der Waals surface area (Å²) >= 11 is 0. The maximum Gasteiger partial charge on any atom is 0.234 e. The molecule has 0 spiro atoms. The smallest absolute Gasteiger partial charge is 0.234 e. The zero-order valence-corrected chi connectivity index (χ0v) is 16.1. The molecule has 0 bridgehead atoms. The van der Waals surface area contributed by atoms with Crippen molar-refractivity contribution in [2.75, 3.05) is 32.8 Å². The van der Waals surface area contributed by atoms with Crippen molar-refractivity contribution < 1.29 is 14.4 Å². The predicted octanol–water partition coefficient (Wildman–Crippen LogP) is 2.01. The van der Waals surface area contributed by atoms with Crippen LogP contribution >= 0.6 is 0 Å². The van der Waals surface area contributed by atoms with Crippen molar-refractivity contribution in [1.29, 1.82) is 0 Å². The summed E-state index contributed by atoms with van der Waals surface area (Å²) in [5.41, 5.74) is 0. The molecule has 4 rings (SSSR count). The van der Waals surface area contributed by atoms with Gasteiger partial charge in [0.15, 0.2) is 0 Å². The molecule has 3 fully saturated rings. The van der Waals surface area contributed by atoms with Crippen molar-refractivity contribution in [2.24, 2.45) is 17.8 Å². The van der Waals surface area contributed by atoms with Crippen molar-refractivity contribution in [1.82, 2.24) is 14.7 Å². The average molecular weight is 373 g/mol. The Morgan fingerprint density at radius 3 is 1.96 bits per heavy atom. The Morgan fingerprint density at radius 2 is 1.41 bits per heavy atom. The summed E-state index contributed by atoms with van der Waals surface area (Å²) in [6.07, 6.45) is 11.8. The second-order valence-electron chi connectivity index (χ2n) is 8.53. The number of carbonyl (C=O) groups excluding carboxylic acids is 3. The molecule has 148 valence electrons. The lowest BCUT2D eigenvalue weighted by molar-refractivity contribution is -0.144. The molecular formula is C21H31N3O3. The quantitative estimate of drug-likeness (QED) is 0.561. The minimum absolute atomic E-state index is 0.00267. The summed E-state index contributed by atoms with van der Waals surface area (Å²) < 4.78 is 0. The number of rotatable bonds is 3. The molecule has 0 aromatic heterocycles. The summed E-state index contributed by atoms with van der Waals surface area (Å²) in [4.78, 5) is 43.8. The number of carbonyl (C=O) groups is 3. The fourth-order valence-electron chi connectivity index (χ4n) is 5.08. The molecule has 4 aliphatic rings. The summed E-state index contributed by atoms with van der Waals surface area (Å²) in [6.45, 7) is 3.79. The van der Waals surface area contributed by atoms with Crippen LogP contribution in [0.1, 0.15) is 51.4 Å². The zero-order valence-electron chi connectivity index (χ0n) is 16.1. The van der Waals surface area contributed by atoms with Gasteiger partial charge in [-0.2, -0.15) is 0 Å². The van der Waals surface area contributed by atoms with E-state index in [1.165, 1.54) is 17.7 Å². The van der Waals surface area contributed by atoms with Crippen LogP contribution in [0.5, 0.6) is 0 Å². The Morgan fingerprint density at radius 1 is 0.852 bits per heavy atom. The van der Waals surface area contributed by atoms with Gasteiger partial charge >= 0.3 is 0 Å². The van der Waals surface area contributed by atoms with E-state index in [0.29, 0.717) is 25.4 Å². The first-order valence-corrected chi connectivity index (χ1v) is 10.7.